The van der Waals surface area contributed by atoms with Crippen molar-refractivity contribution in [2.24, 2.45) is 0 Å². The van der Waals surface area contributed by atoms with Crippen molar-refractivity contribution in [1.29, 1.82) is 0 Å². The Morgan fingerprint density at radius 2 is 1.90 bits per heavy atom. The van der Waals surface area contributed by atoms with Gasteiger partial charge in [0, 0.05) is 39.1 Å². The van der Waals surface area contributed by atoms with E-state index in [2.05, 4.69) is 11.1 Å². The molecular weight excluding hydrogens is 282 g/mol. The fraction of sp³-hybridized carbons (Fsp3) is 0.471. The molecule has 1 aromatic carbocycles. The maximum Gasteiger partial charge on any atom is 0.0919 e. The maximum absolute atomic E-state index is 12.3. The van der Waals surface area contributed by atoms with Gasteiger partial charge in [0.15, 0.2) is 0 Å². The van der Waals surface area contributed by atoms with E-state index >= 15 is 0 Å². The lowest BCUT2D eigenvalue weighted by molar-refractivity contribution is 0.00666. The predicted molar refractivity (Wildman–Crippen MR) is 84.4 cm³/mol. The zero-order valence-corrected chi connectivity index (χ0v) is 12.7. The van der Waals surface area contributed by atoms with Crippen molar-refractivity contribution in [2.45, 2.75) is 48.2 Å². The third kappa shape index (κ3) is 2.21. The second kappa shape index (κ2) is 4.89. The molecule has 0 amide bonds. The van der Waals surface area contributed by atoms with Crippen LogP contribution in [0.25, 0.3) is 10.8 Å². The van der Waals surface area contributed by atoms with E-state index in [0.29, 0.717) is 12.8 Å². The Balaban J connectivity index is 1.75. The Morgan fingerprint density at radius 3 is 2.67 bits per heavy atom. The monoisotopic (exact) mass is 301 g/mol. The van der Waals surface area contributed by atoms with Gasteiger partial charge in [-0.1, -0.05) is 18.6 Å². The number of hydrogen-bond donors (Lipinski definition) is 1. The highest BCUT2D eigenvalue weighted by atomic mass is 32.2. The van der Waals surface area contributed by atoms with Crippen LogP contribution in [0.15, 0.2) is 36.7 Å². The lowest BCUT2D eigenvalue weighted by atomic mass is 9.80. The number of benzene rings is 1. The standard InChI is InChI=1S/C17H19NO2S/c19-17(9-15-2-1-3-16(10-17)21(15)20)14-5-4-13-11-18-7-6-12(13)8-14/h4-8,11,15-16,19H,1-3,9-10H2. The summed E-state index contributed by atoms with van der Waals surface area (Å²) in [5.41, 5.74) is 0.149. The summed E-state index contributed by atoms with van der Waals surface area (Å²) >= 11 is 0. The molecule has 2 atom stereocenters. The number of aromatic nitrogens is 1. The minimum Gasteiger partial charge on any atom is -0.385 e. The fourth-order valence-electron chi connectivity index (χ4n) is 3.89. The molecule has 2 aromatic rings. The second-order valence-corrected chi connectivity index (χ2v) is 8.37. The van der Waals surface area contributed by atoms with Crippen LogP contribution in [0.2, 0.25) is 0 Å². The smallest absolute Gasteiger partial charge is 0.0919 e. The number of nitrogens with zero attached hydrogens (tertiary/aromatic N) is 1. The zero-order chi connectivity index (χ0) is 14.4. The van der Waals surface area contributed by atoms with Crippen LogP contribution >= 0.6 is 0 Å². The van der Waals surface area contributed by atoms with Gasteiger partial charge >= 0.3 is 0 Å². The fourth-order valence-corrected chi connectivity index (χ4v) is 6.11. The highest BCUT2D eigenvalue weighted by Gasteiger charge is 2.46. The van der Waals surface area contributed by atoms with Crippen molar-refractivity contribution in [3.63, 3.8) is 0 Å². The van der Waals surface area contributed by atoms with Crippen LogP contribution in [0.5, 0.6) is 0 Å². The summed E-state index contributed by atoms with van der Waals surface area (Å²) in [6.07, 6.45) is 8.01. The SMILES string of the molecule is O=S1C2CCCC1CC(O)(c1ccc3cnccc3c1)C2. The average Bonchev–Trinajstić information content (AvgIpc) is 2.49. The average molecular weight is 301 g/mol. The summed E-state index contributed by atoms with van der Waals surface area (Å²) in [6, 6.07) is 8.08. The molecule has 2 aliphatic heterocycles. The molecule has 4 heteroatoms. The Kier molecular flexibility index (Phi) is 3.12. The Hall–Kier alpha value is -1.26. The molecule has 0 radical (unpaired) electrons. The highest BCUT2D eigenvalue weighted by Crippen LogP contribution is 2.44. The van der Waals surface area contributed by atoms with E-state index in [0.717, 1.165) is 35.6 Å². The first-order valence-corrected chi connectivity index (χ1v) is 8.89. The molecule has 2 fully saturated rings. The van der Waals surface area contributed by atoms with Crippen LogP contribution in [-0.2, 0) is 16.4 Å². The van der Waals surface area contributed by atoms with Gasteiger partial charge in [-0.05, 0) is 48.8 Å². The van der Waals surface area contributed by atoms with E-state index in [4.69, 9.17) is 0 Å². The van der Waals surface area contributed by atoms with E-state index in [-0.39, 0.29) is 10.5 Å². The molecule has 3 nitrogen and oxygen atoms in total. The van der Waals surface area contributed by atoms with Gasteiger partial charge in [-0.15, -0.1) is 0 Å². The molecule has 2 aliphatic rings. The lowest BCUT2D eigenvalue weighted by Gasteiger charge is -2.43. The van der Waals surface area contributed by atoms with Crippen LogP contribution in [0, 0.1) is 0 Å². The summed E-state index contributed by atoms with van der Waals surface area (Å²) in [4.78, 5) is 4.13. The van der Waals surface area contributed by atoms with E-state index in [1.54, 1.807) is 6.20 Å². The molecular formula is C17H19NO2S. The van der Waals surface area contributed by atoms with Crippen LogP contribution in [0.1, 0.15) is 37.7 Å². The van der Waals surface area contributed by atoms with Gasteiger partial charge in [0.1, 0.15) is 0 Å². The molecule has 4 rings (SSSR count). The molecule has 3 heterocycles. The van der Waals surface area contributed by atoms with Crippen LogP contribution < -0.4 is 0 Å². The largest absolute Gasteiger partial charge is 0.385 e. The van der Waals surface area contributed by atoms with Crippen molar-refractivity contribution in [3.05, 3.63) is 42.2 Å². The lowest BCUT2D eigenvalue weighted by Crippen LogP contribution is -2.47. The van der Waals surface area contributed by atoms with E-state index in [1.807, 2.05) is 24.4 Å². The van der Waals surface area contributed by atoms with Crippen molar-refractivity contribution in [2.75, 3.05) is 0 Å². The number of aliphatic hydroxyl groups is 1. The first-order valence-electron chi connectivity index (χ1n) is 7.62. The molecule has 1 aromatic heterocycles. The minimum absolute atomic E-state index is 0.163. The van der Waals surface area contributed by atoms with Gasteiger partial charge in [-0.25, -0.2) is 0 Å². The molecule has 21 heavy (non-hydrogen) atoms. The van der Waals surface area contributed by atoms with Gasteiger partial charge in [-0.2, -0.15) is 0 Å². The van der Waals surface area contributed by atoms with Crippen LogP contribution in [-0.4, -0.2) is 24.8 Å². The van der Waals surface area contributed by atoms with Gasteiger partial charge in [-0.3, -0.25) is 9.19 Å². The summed E-state index contributed by atoms with van der Waals surface area (Å²) < 4.78 is 12.3. The first-order chi connectivity index (χ1) is 10.2. The molecule has 0 saturated carbocycles. The summed E-state index contributed by atoms with van der Waals surface area (Å²) in [6.45, 7) is 0. The molecule has 1 N–H and O–H groups in total. The second-order valence-electron chi connectivity index (χ2n) is 6.38. The predicted octanol–water partition coefficient (Wildman–Crippen LogP) is 2.89. The Bertz CT molecular complexity index is 699. The molecule has 2 bridgehead atoms. The molecule has 2 saturated heterocycles. The summed E-state index contributed by atoms with van der Waals surface area (Å²) in [5.74, 6) is 0. The Labute approximate surface area is 126 Å². The topological polar surface area (TPSA) is 50.2 Å². The van der Waals surface area contributed by atoms with Crippen LogP contribution in [0.4, 0.5) is 0 Å². The number of hydrogen-bond acceptors (Lipinski definition) is 3. The summed E-state index contributed by atoms with van der Waals surface area (Å²) in [5, 5.41) is 13.7. The van der Waals surface area contributed by atoms with Gasteiger partial charge in [0.2, 0.25) is 0 Å². The van der Waals surface area contributed by atoms with E-state index in [9.17, 15) is 9.32 Å². The first kappa shape index (κ1) is 13.4. The number of rotatable bonds is 1. The summed E-state index contributed by atoms with van der Waals surface area (Å²) in [7, 11) is -0.753. The van der Waals surface area contributed by atoms with E-state index < -0.39 is 16.4 Å². The van der Waals surface area contributed by atoms with Crippen molar-refractivity contribution >= 4 is 21.6 Å². The molecule has 2 unspecified atom stereocenters. The highest BCUT2D eigenvalue weighted by molar-refractivity contribution is 7.86. The van der Waals surface area contributed by atoms with E-state index in [1.165, 1.54) is 0 Å². The molecule has 0 aliphatic carbocycles. The van der Waals surface area contributed by atoms with Gasteiger partial charge in [0.05, 0.1) is 5.60 Å². The number of fused-ring (bicyclic) bond motifs is 3. The van der Waals surface area contributed by atoms with Crippen LogP contribution in [0.3, 0.4) is 0 Å². The third-order valence-electron chi connectivity index (χ3n) is 5.02. The minimum atomic E-state index is -0.818. The van der Waals surface area contributed by atoms with Gasteiger partial charge in [0.25, 0.3) is 0 Å². The van der Waals surface area contributed by atoms with Crippen molar-refractivity contribution in [3.8, 4) is 0 Å². The Morgan fingerprint density at radius 1 is 1.14 bits per heavy atom. The van der Waals surface area contributed by atoms with Crippen molar-refractivity contribution in [1.82, 2.24) is 4.98 Å². The third-order valence-corrected chi connectivity index (χ3v) is 7.14. The zero-order valence-electron chi connectivity index (χ0n) is 11.9. The maximum atomic E-state index is 12.3. The van der Waals surface area contributed by atoms with Gasteiger partial charge < -0.3 is 5.11 Å². The normalized spacial score (nSPS) is 35.8. The van der Waals surface area contributed by atoms with Crippen molar-refractivity contribution < 1.29 is 9.32 Å². The molecule has 0 spiro atoms. The quantitative estimate of drug-likeness (QED) is 0.881. The molecule has 110 valence electrons. The number of pyridine rings is 1.